The first kappa shape index (κ1) is 16.5. The Morgan fingerprint density at radius 3 is 2.57 bits per heavy atom. The number of amides is 3. The van der Waals surface area contributed by atoms with Gasteiger partial charge in [-0.2, -0.15) is 0 Å². The number of benzene rings is 1. The third-order valence-electron chi connectivity index (χ3n) is 3.66. The maximum Gasteiger partial charge on any atom is 0.321 e. The van der Waals surface area contributed by atoms with Crippen LogP contribution in [0.4, 0.5) is 10.5 Å². The van der Waals surface area contributed by atoms with Gasteiger partial charge in [0.25, 0.3) is 0 Å². The monoisotopic (exact) mass is 315 g/mol. The maximum absolute atomic E-state index is 12.2. The summed E-state index contributed by atoms with van der Waals surface area (Å²) >= 11 is 0. The summed E-state index contributed by atoms with van der Waals surface area (Å²) in [5, 5.41) is 5.37. The fourth-order valence-electron chi connectivity index (χ4n) is 2.05. The molecule has 0 saturated carbocycles. The second-order valence-electron chi connectivity index (χ2n) is 5.28. The molecule has 1 aromatic heterocycles. The van der Waals surface area contributed by atoms with E-state index in [9.17, 15) is 9.59 Å². The summed E-state index contributed by atoms with van der Waals surface area (Å²) in [7, 11) is 3.25. The van der Waals surface area contributed by atoms with E-state index < -0.39 is 0 Å². The van der Waals surface area contributed by atoms with E-state index in [2.05, 4.69) is 15.6 Å². The minimum absolute atomic E-state index is 0.0955. The Morgan fingerprint density at radius 2 is 2.00 bits per heavy atom. The van der Waals surface area contributed by atoms with Crippen LogP contribution in [0.1, 0.15) is 13.3 Å². The van der Waals surface area contributed by atoms with Gasteiger partial charge >= 0.3 is 6.03 Å². The number of carbonyl (C=O) groups is 2. The average molecular weight is 315 g/mol. The van der Waals surface area contributed by atoms with Crippen LogP contribution in [0.5, 0.6) is 0 Å². The zero-order valence-electron chi connectivity index (χ0n) is 13.5. The van der Waals surface area contributed by atoms with Gasteiger partial charge in [-0.1, -0.05) is 0 Å². The fraction of sp³-hybridized carbons (Fsp3) is 0.312. The van der Waals surface area contributed by atoms with Crippen LogP contribution in [0.25, 0.3) is 5.69 Å². The van der Waals surface area contributed by atoms with Gasteiger partial charge in [-0.05, 0) is 31.2 Å². The first-order chi connectivity index (χ1) is 11.0. The number of anilines is 1. The van der Waals surface area contributed by atoms with Crippen molar-refractivity contribution >= 4 is 17.6 Å². The lowest BCUT2D eigenvalue weighted by Gasteiger charge is -2.24. The molecule has 2 N–H and O–H groups in total. The van der Waals surface area contributed by atoms with Crippen molar-refractivity contribution in [3.63, 3.8) is 0 Å². The number of urea groups is 1. The van der Waals surface area contributed by atoms with E-state index >= 15 is 0 Å². The van der Waals surface area contributed by atoms with Gasteiger partial charge in [-0.3, -0.25) is 4.79 Å². The van der Waals surface area contributed by atoms with E-state index in [0.717, 1.165) is 5.69 Å². The van der Waals surface area contributed by atoms with Crippen LogP contribution < -0.4 is 10.6 Å². The van der Waals surface area contributed by atoms with Gasteiger partial charge < -0.3 is 20.1 Å². The Bertz CT molecular complexity index is 652. The van der Waals surface area contributed by atoms with Gasteiger partial charge in [-0.25, -0.2) is 9.78 Å². The number of imidazole rings is 1. The highest BCUT2D eigenvalue weighted by Crippen LogP contribution is 2.14. The molecule has 7 heteroatoms. The van der Waals surface area contributed by atoms with Crippen molar-refractivity contribution in [2.24, 2.45) is 0 Å². The van der Waals surface area contributed by atoms with E-state index in [0.29, 0.717) is 5.69 Å². The molecule has 3 amide bonds. The van der Waals surface area contributed by atoms with Gasteiger partial charge in [0.15, 0.2) is 0 Å². The molecule has 0 radical (unpaired) electrons. The molecule has 0 fully saturated rings. The Morgan fingerprint density at radius 1 is 1.30 bits per heavy atom. The van der Waals surface area contributed by atoms with Crippen LogP contribution in [0, 0.1) is 0 Å². The lowest BCUT2D eigenvalue weighted by molar-refractivity contribution is -0.121. The number of rotatable bonds is 5. The van der Waals surface area contributed by atoms with Crippen LogP contribution >= 0.6 is 0 Å². The first-order valence-corrected chi connectivity index (χ1v) is 7.34. The molecule has 2 aromatic rings. The Kier molecular flexibility index (Phi) is 5.35. The van der Waals surface area contributed by atoms with Crippen LogP contribution in [-0.4, -0.2) is 46.5 Å². The largest absolute Gasteiger partial charge is 0.359 e. The first-order valence-electron chi connectivity index (χ1n) is 7.34. The summed E-state index contributed by atoms with van der Waals surface area (Å²) in [6.07, 6.45) is 5.53. The van der Waals surface area contributed by atoms with E-state index in [1.807, 2.05) is 42.0 Å². The highest BCUT2D eigenvalue weighted by Gasteiger charge is 2.18. The second-order valence-corrected chi connectivity index (χ2v) is 5.28. The summed E-state index contributed by atoms with van der Waals surface area (Å²) in [5.41, 5.74) is 1.65. The molecule has 1 atom stereocenters. The molecule has 23 heavy (non-hydrogen) atoms. The molecular weight excluding hydrogens is 294 g/mol. The van der Waals surface area contributed by atoms with Crippen molar-refractivity contribution in [1.29, 1.82) is 0 Å². The van der Waals surface area contributed by atoms with Crippen molar-refractivity contribution in [2.75, 3.05) is 19.4 Å². The number of nitrogens with one attached hydrogen (secondary N) is 2. The number of carbonyl (C=O) groups excluding carboxylic acids is 2. The summed E-state index contributed by atoms with van der Waals surface area (Å²) in [4.78, 5) is 29.1. The van der Waals surface area contributed by atoms with Gasteiger partial charge in [0, 0.05) is 50.3 Å². The highest BCUT2D eigenvalue weighted by atomic mass is 16.2. The van der Waals surface area contributed by atoms with E-state index in [-0.39, 0.29) is 24.4 Å². The molecule has 0 unspecified atom stereocenters. The third kappa shape index (κ3) is 4.32. The average Bonchev–Trinajstić information content (AvgIpc) is 3.09. The lowest BCUT2D eigenvalue weighted by atomic mass is 10.2. The van der Waals surface area contributed by atoms with Crippen LogP contribution in [0.3, 0.4) is 0 Å². The molecule has 122 valence electrons. The molecule has 0 aliphatic heterocycles. The summed E-state index contributed by atoms with van der Waals surface area (Å²) in [5.74, 6) is -0.0955. The lowest BCUT2D eigenvalue weighted by Crippen LogP contribution is -2.40. The minimum Gasteiger partial charge on any atom is -0.359 e. The molecule has 0 aliphatic rings. The highest BCUT2D eigenvalue weighted by molar-refractivity contribution is 5.89. The maximum atomic E-state index is 12.2. The van der Waals surface area contributed by atoms with Crippen molar-refractivity contribution in [1.82, 2.24) is 19.8 Å². The number of nitrogens with zero attached hydrogens (tertiary/aromatic N) is 3. The van der Waals surface area contributed by atoms with Crippen LogP contribution in [0.2, 0.25) is 0 Å². The standard InChI is InChI=1S/C16H21N5O2/c1-12(10-15(22)17-2)20(3)16(23)19-13-4-6-14(7-5-13)21-9-8-18-11-21/h4-9,11-12H,10H2,1-3H3,(H,17,22)(H,19,23)/t12-/m1/s1. The third-order valence-corrected chi connectivity index (χ3v) is 3.66. The molecule has 0 spiro atoms. The second kappa shape index (κ2) is 7.44. The van der Waals surface area contributed by atoms with E-state index in [4.69, 9.17) is 0 Å². The molecule has 1 aromatic carbocycles. The number of aromatic nitrogens is 2. The summed E-state index contributed by atoms with van der Waals surface area (Å²) < 4.78 is 1.88. The predicted octanol–water partition coefficient (Wildman–Crippen LogP) is 1.86. The normalized spacial score (nSPS) is 11.6. The molecule has 2 rings (SSSR count). The van der Waals surface area contributed by atoms with Crippen LogP contribution in [0.15, 0.2) is 43.0 Å². The SMILES string of the molecule is CNC(=O)C[C@@H](C)N(C)C(=O)Nc1ccc(-n2ccnc2)cc1. The number of hydrogen-bond acceptors (Lipinski definition) is 3. The summed E-state index contributed by atoms with van der Waals surface area (Å²) in [6, 6.07) is 6.99. The Hall–Kier alpha value is -2.83. The van der Waals surface area contributed by atoms with Gasteiger partial charge in [0.05, 0.1) is 6.33 Å². The quantitative estimate of drug-likeness (QED) is 0.884. The van der Waals surface area contributed by atoms with Gasteiger partial charge in [-0.15, -0.1) is 0 Å². The molecule has 1 heterocycles. The minimum atomic E-state index is -0.253. The molecular formula is C16H21N5O2. The molecule has 0 saturated heterocycles. The Balaban J connectivity index is 1.95. The Labute approximate surface area is 135 Å². The number of hydrogen-bond donors (Lipinski definition) is 2. The van der Waals surface area contributed by atoms with Gasteiger partial charge in [0.2, 0.25) is 5.91 Å². The zero-order valence-corrected chi connectivity index (χ0v) is 13.5. The fourth-order valence-corrected chi connectivity index (χ4v) is 2.05. The van der Waals surface area contributed by atoms with Crippen molar-refractivity contribution < 1.29 is 9.59 Å². The summed E-state index contributed by atoms with van der Waals surface area (Å²) in [6.45, 7) is 1.83. The van der Waals surface area contributed by atoms with E-state index in [1.54, 1.807) is 26.6 Å². The topological polar surface area (TPSA) is 79.3 Å². The van der Waals surface area contributed by atoms with Crippen molar-refractivity contribution in [3.8, 4) is 5.69 Å². The van der Waals surface area contributed by atoms with Crippen molar-refractivity contribution in [2.45, 2.75) is 19.4 Å². The van der Waals surface area contributed by atoms with Crippen molar-refractivity contribution in [3.05, 3.63) is 43.0 Å². The van der Waals surface area contributed by atoms with E-state index in [1.165, 1.54) is 4.90 Å². The molecule has 7 nitrogen and oxygen atoms in total. The molecule has 0 aliphatic carbocycles. The smallest absolute Gasteiger partial charge is 0.321 e. The molecule has 0 bridgehead atoms. The van der Waals surface area contributed by atoms with Gasteiger partial charge in [0.1, 0.15) is 0 Å². The van der Waals surface area contributed by atoms with Crippen LogP contribution in [-0.2, 0) is 4.79 Å². The predicted molar refractivity (Wildman–Crippen MR) is 88.5 cm³/mol. The zero-order chi connectivity index (χ0) is 16.8.